The first kappa shape index (κ1) is 15.3. The summed E-state index contributed by atoms with van der Waals surface area (Å²) in [5.74, 6) is 0.0187. The Labute approximate surface area is 135 Å². The molecule has 2 heterocycles. The smallest absolute Gasteiger partial charge is 0.331 e. The largest absolute Gasteiger partial charge is 0.508 e. The van der Waals surface area contributed by atoms with Gasteiger partial charge in [0.1, 0.15) is 17.1 Å². The fourth-order valence-electron chi connectivity index (χ4n) is 2.07. The highest BCUT2D eigenvalue weighted by molar-refractivity contribution is 5.84. The lowest BCUT2D eigenvalue weighted by atomic mass is 10.3. The average Bonchev–Trinajstić information content (AvgIpc) is 3.06. The summed E-state index contributed by atoms with van der Waals surface area (Å²) in [7, 11) is 0. The summed E-state index contributed by atoms with van der Waals surface area (Å²) in [6, 6.07) is 9.24. The molecule has 8 heteroatoms. The van der Waals surface area contributed by atoms with E-state index >= 15 is 0 Å². The number of aromatic amines is 1. The van der Waals surface area contributed by atoms with E-state index in [2.05, 4.69) is 9.98 Å². The van der Waals surface area contributed by atoms with Crippen LogP contribution in [0.5, 0.6) is 11.6 Å². The van der Waals surface area contributed by atoms with Gasteiger partial charge in [-0.3, -0.25) is 19.3 Å². The summed E-state index contributed by atoms with van der Waals surface area (Å²) in [5.41, 5.74) is -1.20. The van der Waals surface area contributed by atoms with E-state index in [1.807, 2.05) is 0 Å². The van der Waals surface area contributed by atoms with Crippen molar-refractivity contribution in [3.05, 3.63) is 74.8 Å². The monoisotopic (exact) mass is 327 g/mol. The molecule has 0 aliphatic rings. The number of aromatic nitrogens is 2. The SMILES string of the molecule is O=c1[nH]c(=O)n(Cc2ccco2)c(O)c1C=Nc1ccc(O)cc1. The molecular formula is C16H13N3O5. The normalized spacial score (nSPS) is 11.2. The first-order valence-corrected chi connectivity index (χ1v) is 6.96. The Kier molecular flexibility index (Phi) is 4.02. The molecule has 0 saturated carbocycles. The van der Waals surface area contributed by atoms with Crippen LogP contribution >= 0.6 is 0 Å². The number of aromatic hydroxyl groups is 2. The Hall–Kier alpha value is -3.55. The van der Waals surface area contributed by atoms with Crippen molar-refractivity contribution in [3.8, 4) is 11.6 Å². The highest BCUT2D eigenvalue weighted by atomic mass is 16.3. The number of nitrogens with one attached hydrogen (secondary N) is 1. The molecule has 0 bridgehead atoms. The number of phenols is 1. The summed E-state index contributed by atoms with van der Waals surface area (Å²) in [6.07, 6.45) is 2.59. The summed E-state index contributed by atoms with van der Waals surface area (Å²) >= 11 is 0. The van der Waals surface area contributed by atoms with Gasteiger partial charge in [0.2, 0.25) is 5.88 Å². The molecule has 0 amide bonds. The van der Waals surface area contributed by atoms with E-state index in [4.69, 9.17) is 4.42 Å². The predicted molar refractivity (Wildman–Crippen MR) is 86.2 cm³/mol. The molecule has 8 nitrogen and oxygen atoms in total. The minimum Gasteiger partial charge on any atom is -0.508 e. The first-order valence-electron chi connectivity index (χ1n) is 6.96. The summed E-state index contributed by atoms with van der Waals surface area (Å²) in [6.45, 7) is -0.0332. The molecule has 0 radical (unpaired) electrons. The highest BCUT2D eigenvalue weighted by Gasteiger charge is 2.13. The van der Waals surface area contributed by atoms with Crippen LogP contribution in [0.4, 0.5) is 5.69 Å². The van der Waals surface area contributed by atoms with Crippen molar-refractivity contribution < 1.29 is 14.6 Å². The summed E-state index contributed by atoms with van der Waals surface area (Å²) < 4.78 is 6.11. The van der Waals surface area contributed by atoms with Crippen LogP contribution in [0.3, 0.4) is 0 Å². The van der Waals surface area contributed by atoms with Gasteiger partial charge in [0.15, 0.2) is 0 Å². The van der Waals surface area contributed by atoms with Gasteiger partial charge in [0.05, 0.1) is 18.5 Å². The number of furan rings is 1. The van der Waals surface area contributed by atoms with Crippen LogP contribution in [0.15, 0.2) is 61.7 Å². The van der Waals surface area contributed by atoms with E-state index in [1.54, 1.807) is 12.1 Å². The van der Waals surface area contributed by atoms with E-state index < -0.39 is 17.1 Å². The molecule has 122 valence electrons. The topological polar surface area (TPSA) is 121 Å². The Morgan fingerprint density at radius 3 is 2.58 bits per heavy atom. The Morgan fingerprint density at radius 1 is 1.17 bits per heavy atom. The van der Waals surface area contributed by atoms with Crippen LogP contribution in [-0.4, -0.2) is 26.0 Å². The zero-order valence-corrected chi connectivity index (χ0v) is 12.3. The summed E-state index contributed by atoms with van der Waals surface area (Å²) in [4.78, 5) is 30.0. The number of aliphatic imine (C=N–C) groups is 1. The van der Waals surface area contributed by atoms with Gasteiger partial charge in [-0.05, 0) is 36.4 Å². The van der Waals surface area contributed by atoms with Crippen molar-refractivity contribution in [1.29, 1.82) is 0 Å². The lowest BCUT2D eigenvalue weighted by Gasteiger charge is -2.07. The standard InChI is InChI=1S/C16H13N3O5/c20-11-5-3-10(4-6-11)17-8-13-14(21)18-16(23)19(15(13)22)9-12-2-1-7-24-12/h1-8,20,22H,9H2,(H,18,21,23). The van der Waals surface area contributed by atoms with Crippen LogP contribution in [0.25, 0.3) is 0 Å². The Balaban J connectivity index is 2.00. The van der Waals surface area contributed by atoms with Crippen molar-refractivity contribution in [2.24, 2.45) is 4.99 Å². The second-order valence-electron chi connectivity index (χ2n) is 4.94. The van der Waals surface area contributed by atoms with Crippen molar-refractivity contribution >= 4 is 11.9 Å². The second-order valence-corrected chi connectivity index (χ2v) is 4.94. The number of hydrogen-bond donors (Lipinski definition) is 3. The third kappa shape index (κ3) is 3.12. The van der Waals surface area contributed by atoms with Gasteiger partial charge in [-0.1, -0.05) is 0 Å². The molecule has 0 aliphatic carbocycles. The van der Waals surface area contributed by atoms with Crippen molar-refractivity contribution in [3.63, 3.8) is 0 Å². The van der Waals surface area contributed by atoms with E-state index in [9.17, 15) is 19.8 Å². The van der Waals surface area contributed by atoms with Gasteiger partial charge in [-0.2, -0.15) is 0 Å². The van der Waals surface area contributed by atoms with Gasteiger partial charge in [-0.15, -0.1) is 0 Å². The number of H-pyrrole nitrogens is 1. The predicted octanol–water partition coefficient (Wildman–Crippen LogP) is 1.34. The molecule has 3 N–H and O–H groups in total. The van der Waals surface area contributed by atoms with Crippen LogP contribution in [0.1, 0.15) is 11.3 Å². The Bertz CT molecular complexity index is 982. The van der Waals surface area contributed by atoms with Crippen molar-refractivity contribution in [2.75, 3.05) is 0 Å². The molecule has 3 rings (SSSR count). The van der Waals surface area contributed by atoms with E-state index in [0.717, 1.165) is 10.8 Å². The maximum atomic E-state index is 11.9. The number of phenolic OH excluding ortho intramolecular Hbond substituents is 1. The van der Waals surface area contributed by atoms with Crippen LogP contribution in [-0.2, 0) is 6.54 Å². The van der Waals surface area contributed by atoms with Gasteiger partial charge in [-0.25, -0.2) is 4.79 Å². The molecule has 2 aromatic heterocycles. The third-order valence-electron chi connectivity index (χ3n) is 3.29. The third-order valence-corrected chi connectivity index (χ3v) is 3.29. The number of rotatable bonds is 4. The van der Waals surface area contributed by atoms with Gasteiger partial charge in [0.25, 0.3) is 5.56 Å². The number of hydrogen-bond acceptors (Lipinski definition) is 6. The minimum atomic E-state index is -0.754. The molecule has 3 aromatic rings. The fourth-order valence-corrected chi connectivity index (χ4v) is 2.07. The van der Waals surface area contributed by atoms with E-state index in [0.29, 0.717) is 11.4 Å². The molecule has 1 aromatic carbocycles. The zero-order chi connectivity index (χ0) is 17.1. The molecule has 24 heavy (non-hydrogen) atoms. The molecular weight excluding hydrogens is 314 g/mol. The zero-order valence-electron chi connectivity index (χ0n) is 12.3. The molecule has 0 spiro atoms. The average molecular weight is 327 g/mol. The molecule has 0 fully saturated rings. The van der Waals surface area contributed by atoms with Crippen LogP contribution in [0.2, 0.25) is 0 Å². The maximum absolute atomic E-state index is 11.9. The van der Waals surface area contributed by atoms with Crippen LogP contribution < -0.4 is 11.2 Å². The lowest BCUT2D eigenvalue weighted by molar-refractivity contribution is 0.392. The second kappa shape index (κ2) is 6.29. The van der Waals surface area contributed by atoms with Crippen molar-refractivity contribution in [2.45, 2.75) is 6.54 Å². The lowest BCUT2D eigenvalue weighted by Crippen LogP contribution is -2.32. The molecule has 0 aliphatic heterocycles. The van der Waals surface area contributed by atoms with Gasteiger partial charge in [0, 0.05) is 6.21 Å². The Morgan fingerprint density at radius 2 is 1.92 bits per heavy atom. The molecule has 0 saturated heterocycles. The quantitative estimate of drug-likeness (QED) is 0.624. The highest BCUT2D eigenvalue weighted by Crippen LogP contribution is 2.17. The van der Waals surface area contributed by atoms with E-state index in [1.165, 1.54) is 30.5 Å². The number of nitrogens with zero attached hydrogens (tertiary/aromatic N) is 2. The van der Waals surface area contributed by atoms with Gasteiger partial charge < -0.3 is 14.6 Å². The minimum absolute atomic E-state index is 0.0332. The van der Waals surface area contributed by atoms with Gasteiger partial charge >= 0.3 is 5.69 Å². The summed E-state index contributed by atoms with van der Waals surface area (Å²) in [5, 5.41) is 19.5. The first-order chi connectivity index (χ1) is 11.5. The van der Waals surface area contributed by atoms with E-state index in [-0.39, 0.29) is 17.9 Å². The van der Waals surface area contributed by atoms with Crippen LogP contribution in [0, 0.1) is 0 Å². The molecule has 0 atom stereocenters. The fraction of sp³-hybridized carbons (Fsp3) is 0.0625. The number of benzene rings is 1. The van der Waals surface area contributed by atoms with Crippen molar-refractivity contribution in [1.82, 2.24) is 9.55 Å². The molecule has 0 unspecified atom stereocenters. The maximum Gasteiger partial charge on any atom is 0.331 e.